The number of nitrogens with one attached hydrogen (secondary N) is 1. The number of pyridine rings is 1. The van der Waals surface area contributed by atoms with Crippen molar-refractivity contribution >= 4 is 16.7 Å². The molecule has 2 bridgehead atoms. The molecule has 39 heavy (non-hydrogen) atoms. The molecule has 2 unspecified atom stereocenters. The van der Waals surface area contributed by atoms with Gasteiger partial charge in [-0.3, -0.25) is 4.68 Å². The predicted octanol–water partition coefficient (Wildman–Crippen LogP) is 4.79. The number of piperidine rings is 2. The van der Waals surface area contributed by atoms with E-state index in [4.69, 9.17) is 14.8 Å². The zero-order valence-corrected chi connectivity index (χ0v) is 23.3. The van der Waals surface area contributed by atoms with Gasteiger partial charge in [0.2, 0.25) is 0 Å². The maximum atomic E-state index is 5.90. The van der Waals surface area contributed by atoms with Crippen molar-refractivity contribution in [2.45, 2.75) is 51.0 Å². The lowest BCUT2D eigenvalue weighted by molar-refractivity contribution is -0.133. The Morgan fingerprint density at radius 1 is 1.03 bits per heavy atom. The van der Waals surface area contributed by atoms with E-state index in [0.29, 0.717) is 18.2 Å². The molecule has 4 aliphatic heterocycles. The lowest BCUT2D eigenvalue weighted by atomic mass is 9.95. The highest BCUT2D eigenvalue weighted by molar-refractivity contribution is 5.95. The van der Waals surface area contributed by atoms with Crippen molar-refractivity contribution < 1.29 is 4.74 Å². The van der Waals surface area contributed by atoms with Crippen LogP contribution in [0.3, 0.4) is 0 Å². The topological polar surface area (TPSA) is 65.5 Å². The van der Waals surface area contributed by atoms with E-state index in [2.05, 4.69) is 82.0 Å². The molecule has 8 rings (SSSR count). The number of benzene rings is 1. The number of aromatic nitrogens is 4. The Morgan fingerprint density at radius 2 is 1.82 bits per heavy atom. The smallest absolute Gasteiger partial charge is 0.137 e. The standard InChI is InChI=1S/C31H39N7O/c1-4-36-9-7-25(8-10-36)38-18-24(15-34-38)29-16-33-31-28(29)12-22(14-32-31)21-5-6-30(23(11-21)17-35(2)3)37-19-26-13-27(20-37)39-26/h5-6,11-12,14-16,18,25-27H,4,7-10,13,17,19-20H2,1-3H3,(H,32,33). The number of rotatable bonds is 7. The van der Waals surface area contributed by atoms with E-state index in [1.54, 1.807) is 0 Å². The summed E-state index contributed by atoms with van der Waals surface area (Å²) in [7, 11) is 4.28. The molecule has 3 aromatic heterocycles. The number of fused-ring (bicyclic) bond motifs is 3. The fraction of sp³-hybridized carbons (Fsp3) is 0.484. The van der Waals surface area contributed by atoms with E-state index in [1.165, 1.54) is 23.2 Å². The zero-order chi connectivity index (χ0) is 26.5. The van der Waals surface area contributed by atoms with Gasteiger partial charge in [0.25, 0.3) is 0 Å². The number of nitrogens with zero attached hydrogens (tertiary/aromatic N) is 6. The third-order valence-electron chi connectivity index (χ3n) is 8.82. The summed E-state index contributed by atoms with van der Waals surface area (Å²) >= 11 is 0. The second-order valence-corrected chi connectivity index (χ2v) is 11.8. The fourth-order valence-electron chi connectivity index (χ4n) is 6.67. The van der Waals surface area contributed by atoms with Crippen LogP contribution in [0.2, 0.25) is 0 Å². The van der Waals surface area contributed by atoms with Crippen LogP contribution in [0.15, 0.2) is 49.1 Å². The molecule has 4 aliphatic rings. The van der Waals surface area contributed by atoms with Crippen LogP contribution in [0.5, 0.6) is 0 Å². The summed E-state index contributed by atoms with van der Waals surface area (Å²) in [5.41, 5.74) is 8.24. The maximum Gasteiger partial charge on any atom is 0.137 e. The minimum Gasteiger partial charge on any atom is -0.371 e. The molecule has 1 aromatic carbocycles. The summed E-state index contributed by atoms with van der Waals surface area (Å²) in [6, 6.07) is 9.67. The summed E-state index contributed by atoms with van der Waals surface area (Å²) in [6.45, 7) is 8.56. The molecule has 0 saturated carbocycles. The normalized spacial score (nSPS) is 22.1. The van der Waals surface area contributed by atoms with Crippen molar-refractivity contribution in [1.29, 1.82) is 0 Å². The first kappa shape index (κ1) is 24.8. The van der Waals surface area contributed by atoms with Gasteiger partial charge in [-0.05, 0) is 62.8 Å². The van der Waals surface area contributed by atoms with E-state index >= 15 is 0 Å². The first-order chi connectivity index (χ1) is 19.0. The number of morpholine rings is 1. The van der Waals surface area contributed by atoms with Crippen LogP contribution < -0.4 is 4.90 Å². The molecule has 8 heteroatoms. The van der Waals surface area contributed by atoms with Gasteiger partial charge in [0.1, 0.15) is 5.65 Å². The average Bonchev–Trinajstić information content (AvgIpc) is 3.59. The maximum absolute atomic E-state index is 5.90. The van der Waals surface area contributed by atoms with Crippen LogP contribution in [0.25, 0.3) is 33.3 Å². The highest BCUT2D eigenvalue weighted by Crippen LogP contribution is 2.36. The average molecular weight is 526 g/mol. The summed E-state index contributed by atoms with van der Waals surface area (Å²) in [5.74, 6) is 0. The Bertz CT molecular complexity index is 1450. The van der Waals surface area contributed by atoms with Crippen molar-refractivity contribution in [1.82, 2.24) is 29.5 Å². The first-order valence-corrected chi connectivity index (χ1v) is 14.5. The van der Waals surface area contributed by atoms with E-state index in [9.17, 15) is 0 Å². The summed E-state index contributed by atoms with van der Waals surface area (Å²) in [5, 5.41) is 5.92. The Hall–Kier alpha value is -3.20. The molecule has 204 valence electrons. The molecule has 4 aromatic rings. The van der Waals surface area contributed by atoms with Gasteiger partial charge in [0, 0.05) is 85.5 Å². The monoisotopic (exact) mass is 525 g/mol. The van der Waals surface area contributed by atoms with Crippen LogP contribution in [0, 0.1) is 0 Å². The highest BCUT2D eigenvalue weighted by atomic mass is 16.5. The van der Waals surface area contributed by atoms with Crippen molar-refractivity contribution in [3.63, 3.8) is 0 Å². The third kappa shape index (κ3) is 4.75. The van der Waals surface area contributed by atoms with Crippen LogP contribution >= 0.6 is 0 Å². The van der Waals surface area contributed by atoms with Crippen molar-refractivity contribution in [2.75, 3.05) is 51.7 Å². The number of H-pyrrole nitrogens is 1. The molecule has 1 N–H and O–H groups in total. The highest BCUT2D eigenvalue weighted by Gasteiger charge is 2.38. The Morgan fingerprint density at radius 3 is 2.56 bits per heavy atom. The fourth-order valence-corrected chi connectivity index (χ4v) is 6.67. The van der Waals surface area contributed by atoms with Crippen LogP contribution in [-0.4, -0.2) is 88.6 Å². The predicted molar refractivity (Wildman–Crippen MR) is 156 cm³/mol. The second kappa shape index (κ2) is 10.1. The van der Waals surface area contributed by atoms with Crippen molar-refractivity contribution in [3.05, 3.63) is 54.6 Å². The number of anilines is 1. The van der Waals surface area contributed by atoms with E-state index in [1.807, 2.05) is 12.4 Å². The van der Waals surface area contributed by atoms with Crippen LogP contribution in [-0.2, 0) is 11.3 Å². The number of ether oxygens (including phenoxy) is 1. The lowest BCUT2D eigenvalue weighted by Crippen LogP contribution is -2.57. The van der Waals surface area contributed by atoms with Gasteiger partial charge >= 0.3 is 0 Å². The van der Waals surface area contributed by atoms with Crippen molar-refractivity contribution in [2.24, 2.45) is 0 Å². The zero-order valence-electron chi connectivity index (χ0n) is 23.3. The van der Waals surface area contributed by atoms with Gasteiger partial charge in [0.15, 0.2) is 0 Å². The minimum atomic E-state index is 0.391. The Kier molecular flexibility index (Phi) is 6.41. The van der Waals surface area contributed by atoms with Crippen LogP contribution in [0.1, 0.15) is 37.8 Å². The summed E-state index contributed by atoms with van der Waals surface area (Å²) in [4.78, 5) is 15.5. The number of likely N-dealkylation sites (tertiary alicyclic amines) is 1. The summed E-state index contributed by atoms with van der Waals surface area (Å²) < 4.78 is 8.08. The van der Waals surface area contributed by atoms with Gasteiger partial charge in [-0.25, -0.2) is 4.98 Å². The number of hydrogen-bond acceptors (Lipinski definition) is 6. The third-order valence-corrected chi connectivity index (χ3v) is 8.82. The minimum absolute atomic E-state index is 0.391. The first-order valence-electron chi connectivity index (χ1n) is 14.5. The van der Waals surface area contributed by atoms with Gasteiger partial charge in [0.05, 0.1) is 24.4 Å². The molecule has 4 saturated heterocycles. The molecular weight excluding hydrogens is 486 g/mol. The van der Waals surface area contributed by atoms with Crippen LogP contribution in [0.4, 0.5) is 5.69 Å². The summed E-state index contributed by atoms with van der Waals surface area (Å²) in [6.07, 6.45) is 12.6. The van der Waals surface area contributed by atoms with Crippen molar-refractivity contribution in [3.8, 4) is 22.3 Å². The molecule has 8 nitrogen and oxygen atoms in total. The largest absolute Gasteiger partial charge is 0.371 e. The Labute approximate surface area is 230 Å². The SMILES string of the molecule is CCN1CCC(n2cc(-c3c[nH]c4ncc(-c5ccc(N6CC7CC(C6)O7)c(CN(C)C)c5)cc34)cn2)CC1. The Balaban J connectivity index is 1.18. The van der Waals surface area contributed by atoms with Gasteiger partial charge in [-0.15, -0.1) is 0 Å². The number of hydrogen-bond donors (Lipinski definition) is 1. The lowest BCUT2D eigenvalue weighted by Gasteiger charge is -2.48. The number of aromatic amines is 1. The van der Waals surface area contributed by atoms with E-state index < -0.39 is 0 Å². The van der Waals surface area contributed by atoms with E-state index in [0.717, 1.165) is 79.8 Å². The van der Waals surface area contributed by atoms with Gasteiger partial charge < -0.3 is 24.4 Å². The quantitative estimate of drug-likeness (QED) is 0.374. The molecule has 0 spiro atoms. The van der Waals surface area contributed by atoms with Gasteiger partial charge in [-0.2, -0.15) is 5.10 Å². The second-order valence-electron chi connectivity index (χ2n) is 11.8. The van der Waals surface area contributed by atoms with E-state index in [-0.39, 0.29) is 0 Å². The molecule has 7 heterocycles. The van der Waals surface area contributed by atoms with Gasteiger partial charge in [-0.1, -0.05) is 13.0 Å². The molecule has 0 aliphatic carbocycles. The molecular formula is C31H39N7O. The molecule has 2 atom stereocenters. The molecule has 0 radical (unpaired) electrons. The molecule has 4 fully saturated rings. The molecule has 0 amide bonds.